The molecule has 0 saturated carbocycles. The first kappa shape index (κ1) is 11.5. The van der Waals surface area contributed by atoms with E-state index in [-0.39, 0.29) is 16.3 Å². The molecule has 15 heavy (non-hydrogen) atoms. The zero-order chi connectivity index (χ0) is 11.4. The van der Waals surface area contributed by atoms with Crippen molar-refractivity contribution in [2.24, 2.45) is 0 Å². The third kappa shape index (κ3) is 2.70. The fourth-order valence-electron chi connectivity index (χ4n) is 1.02. The highest BCUT2D eigenvalue weighted by Crippen LogP contribution is 2.30. The maximum atomic E-state index is 13.5. The molecule has 80 valence electrons. The molecule has 0 aromatic heterocycles. The number of benzene rings is 1. The van der Waals surface area contributed by atoms with Crippen LogP contribution in [0.25, 0.3) is 6.08 Å². The minimum atomic E-state index is -1.15. The van der Waals surface area contributed by atoms with Crippen LogP contribution in [-0.2, 0) is 4.79 Å². The highest BCUT2D eigenvalue weighted by atomic mass is 35.5. The van der Waals surface area contributed by atoms with Gasteiger partial charge in [-0.25, -0.2) is 9.18 Å². The Kier molecular flexibility index (Phi) is 3.68. The van der Waals surface area contributed by atoms with E-state index in [9.17, 15) is 9.18 Å². The highest BCUT2D eigenvalue weighted by Gasteiger charge is 2.10. The van der Waals surface area contributed by atoms with Gasteiger partial charge in [-0.1, -0.05) is 17.7 Å². The zero-order valence-corrected chi connectivity index (χ0v) is 8.58. The van der Waals surface area contributed by atoms with Crippen molar-refractivity contribution in [3.8, 4) is 5.75 Å². The molecule has 0 heterocycles. The molecule has 0 unspecified atom stereocenters. The number of ether oxygens (including phenoxy) is 1. The average molecular weight is 231 g/mol. The Morgan fingerprint density at radius 1 is 1.60 bits per heavy atom. The summed E-state index contributed by atoms with van der Waals surface area (Å²) in [5.74, 6) is -1.92. The largest absolute Gasteiger partial charge is 0.492 e. The van der Waals surface area contributed by atoms with Gasteiger partial charge in [0.05, 0.1) is 12.1 Å². The summed E-state index contributed by atoms with van der Waals surface area (Å²) in [6, 6.07) is 2.81. The van der Waals surface area contributed by atoms with E-state index in [0.717, 1.165) is 12.2 Å². The SMILES string of the molecule is COc1c(Cl)ccc(/C=C/C(=O)O)c1F. The lowest BCUT2D eigenvalue weighted by Gasteiger charge is -2.05. The molecule has 1 aromatic carbocycles. The molecule has 3 nitrogen and oxygen atoms in total. The maximum absolute atomic E-state index is 13.5. The second kappa shape index (κ2) is 4.79. The van der Waals surface area contributed by atoms with Gasteiger partial charge in [0.2, 0.25) is 0 Å². The smallest absolute Gasteiger partial charge is 0.328 e. The fraction of sp³-hybridized carbons (Fsp3) is 0.100. The van der Waals surface area contributed by atoms with Gasteiger partial charge < -0.3 is 9.84 Å². The molecule has 0 amide bonds. The van der Waals surface area contributed by atoms with Crippen LogP contribution < -0.4 is 4.74 Å². The van der Waals surface area contributed by atoms with E-state index in [1.54, 1.807) is 0 Å². The number of carboxylic acid groups (broad SMARTS) is 1. The molecule has 0 saturated heterocycles. The molecular weight excluding hydrogens is 223 g/mol. The van der Waals surface area contributed by atoms with Crippen LogP contribution in [0.3, 0.4) is 0 Å². The van der Waals surface area contributed by atoms with Crippen molar-refractivity contribution in [2.45, 2.75) is 0 Å². The summed E-state index contributed by atoms with van der Waals surface area (Å²) in [6.45, 7) is 0. The van der Waals surface area contributed by atoms with Gasteiger partial charge in [-0.15, -0.1) is 0 Å². The molecule has 0 spiro atoms. The number of hydrogen-bond donors (Lipinski definition) is 1. The van der Waals surface area contributed by atoms with Crippen LogP contribution >= 0.6 is 11.6 Å². The second-order valence-corrected chi connectivity index (χ2v) is 3.06. The van der Waals surface area contributed by atoms with Crippen LogP contribution in [0, 0.1) is 5.82 Å². The lowest BCUT2D eigenvalue weighted by molar-refractivity contribution is -0.131. The summed E-state index contributed by atoms with van der Waals surface area (Å²) in [6.07, 6.45) is 1.97. The monoisotopic (exact) mass is 230 g/mol. The molecular formula is C10H8ClFO3. The minimum Gasteiger partial charge on any atom is -0.492 e. The summed E-state index contributed by atoms with van der Waals surface area (Å²) in [7, 11) is 1.29. The molecule has 0 aliphatic carbocycles. The Morgan fingerprint density at radius 3 is 2.80 bits per heavy atom. The van der Waals surface area contributed by atoms with Crippen LogP contribution in [0.5, 0.6) is 5.75 Å². The number of methoxy groups -OCH3 is 1. The van der Waals surface area contributed by atoms with Crippen molar-refractivity contribution in [3.05, 3.63) is 34.6 Å². The molecule has 5 heteroatoms. The van der Waals surface area contributed by atoms with Crippen LogP contribution in [0.2, 0.25) is 5.02 Å². The molecule has 1 N–H and O–H groups in total. The first-order valence-corrected chi connectivity index (χ1v) is 4.37. The predicted molar refractivity (Wildman–Crippen MR) is 54.6 cm³/mol. The van der Waals surface area contributed by atoms with Crippen molar-refractivity contribution in [2.75, 3.05) is 7.11 Å². The Labute approximate surface area is 90.7 Å². The molecule has 0 radical (unpaired) electrons. The van der Waals surface area contributed by atoms with Gasteiger partial charge in [-0.3, -0.25) is 0 Å². The van der Waals surface area contributed by atoms with E-state index in [2.05, 4.69) is 0 Å². The van der Waals surface area contributed by atoms with Gasteiger partial charge in [0, 0.05) is 11.6 Å². The van der Waals surface area contributed by atoms with Crippen LogP contribution in [-0.4, -0.2) is 18.2 Å². The standard InChI is InChI=1S/C10H8ClFO3/c1-15-10-7(11)4-2-6(9(10)12)3-5-8(13)14/h2-5H,1H3,(H,13,14)/b5-3+. The van der Waals surface area contributed by atoms with Crippen LogP contribution in [0.4, 0.5) is 4.39 Å². The number of hydrogen-bond acceptors (Lipinski definition) is 2. The van der Waals surface area contributed by atoms with Crippen molar-refractivity contribution < 1.29 is 19.0 Å². The Balaban J connectivity index is 3.16. The Morgan fingerprint density at radius 2 is 2.27 bits per heavy atom. The van der Waals surface area contributed by atoms with Gasteiger partial charge in [0.1, 0.15) is 0 Å². The van der Waals surface area contributed by atoms with Crippen molar-refractivity contribution >= 4 is 23.6 Å². The van der Waals surface area contributed by atoms with Crippen molar-refractivity contribution in [1.82, 2.24) is 0 Å². The molecule has 0 bridgehead atoms. The third-order valence-corrected chi connectivity index (χ3v) is 1.99. The lowest BCUT2D eigenvalue weighted by Crippen LogP contribution is -1.93. The van der Waals surface area contributed by atoms with Gasteiger partial charge in [-0.05, 0) is 12.1 Å². The number of halogens is 2. The molecule has 1 aromatic rings. The van der Waals surface area contributed by atoms with Crippen molar-refractivity contribution in [1.29, 1.82) is 0 Å². The van der Waals surface area contributed by atoms with E-state index >= 15 is 0 Å². The summed E-state index contributed by atoms with van der Waals surface area (Å²) in [5.41, 5.74) is 0.110. The molecule has 0 aliphatic heterocycles. The predicted octanol–water partition coefficient (Wildman–Crippen LogP) is 2.59. The van der Waals surface area contributed by atoms with E-state index < -0.39 is 11.8 Å². The fourth-order valence-corrected chi connectivity index (χ4v) is 1.25. The van der Waals surface area contributed by atoms with E-state index in [4.69, 9.17) is 21.4 Å². The van der Waals surface area contributed by atoms with E-state index in [0.29, 0.717) is 0 Å². The normalized spacial score (nSPS) is 10.6. The topological polar surface area (TPSA) is 46.5 Å². The first-order chi connectivity index (χ1) is 7.06. The van der Waals surface area contributed by atoms with Crippen LogP contribution in [0.1, 0.15) is 5.56 Å². The number of carbonyl (C=O) groups is 1. The van der Waals surface area contributed by atoms with Gasteiger partial charge in [-0.2, -0.15) is 0 Å². The second-order valence-electron chi connectivity index (χ2n) is 2.66. The summed E-state index contributed by atoms with van der Waals surface area (Å²) >= 11 is 5.66. The Hall–Kier alpha value is -1.55. The minimum absolute atomic E-state index is 0.0933. The quantitative estimate of drug-likeness (QED) is 0.812. The number of rotatable bonds is 3. The summed E-state index contributed by atoms with van der Waals surface area (Å²) < 4.78 is 18.3. The summed E-state index contributed by atoms with van der Waals surface area (Å²) in [4.78, 5) is 10.2. The summed E-state index contributed by atoms with van der Waals surface area (Å²) in [5, 5.41) is 8.52. The van der Waals surface area contributed by atoms with Gasteiger partial charge >= 0.3 is 5.97 Å². The van der Waals surface area contributed by atoms with Crippen molar-refractivity contribution in [3.63, 3.8) is 0 Å². The average Bonchev–Trinajstić information content (AvgIpc) is 2.17. The molecule has 0 aliphatic rings. The van der Waals surface area contributed by atoms with Gasteiger partial charge in [0.15, 0.2) is 11.6 Å². The van der Waals surface area contributed by atoms with Gasteiger partial charge in [0.25, 0.3) is 0 Å². The van der Waals surface area contributed by atoms with Crippen LogP contribution in [0.15, 0.2) is 18.2 Å². The Bertz CT molecular complexity index is 415. The molecule has 1 rings (SSSR count). The third-order valence-electron chi connectivity index (χ3n) is 1.69. The number of aliphatic carboxylic acids is 1. The molecule has 0 fully saturated rings. The lowest BCUT2D eigenvalue weighted by atomic mass is 10.2. The highest BCUT2D eigenvalue weighted by molar-refractivity contribution is 6.32. The number of carboxylic acids is 1. The zero-order valence-electron chi connectivity index (χ0n) is 7.83. The molecule has 0 atom stereocenters. The first-order valence-electron chi connectivity index (χ1n) is 3.99. The van der Waals surface area contributed by atoms with E-state index in [1.165, 1.54) is 19.2 Å². The van der Waals surface area contributed by atoms with E-state index in [1.807, 2.05) is 0 Å². The maximum Gasteiger partial charge on any atom is 0.328 e.